The Balaban J connectivity index is 1.44. The summed E-state index contributed by atoms with van der Waals surface area (Å²) in [6.07, 6.45) is 1.40. The van der Waals surface area contributed by atoms with Crippen LogP contribution in [0.3, 0.4) is 0 Å². The summed E-state index contributed by atoms with van der Waals surface area (Å²) in [6.45, 7) is 0. The van der Waals surface area contributed by atoms with E-state index in [4.69, 9.17) is 18.8 Å². The molecule has 214 valence electrons. The smallest absolute Gasteiger partial charge is 0.402 e. The van der Waals surface area contributed by atoms with Crippen molar-refractivity contribution < 1.29 is 18.8 Å². The molecule has 1 heterocycles. The monoisotopic (exact) mass is 670 g/mol. The van der Waals surface area contributed by atoms with Crippen LogP contribution < -0.4 is 0 Å². The molecule has 3 aliphatic rings. The Hall–Kier alpha value is -2.49. The van der Waals surface area contributed by atoms with Crippen molar-refractivity contribution in [3.8, 4) is 0 Å². The van der Waals surface area contributed by atoms with Crippen LogP contribution in [0.5, 0.6) is 0 Å². The molecule has 0 aromatic heterocycles. The average Bonchev–Trinajstić information content (AvgIpc) is 3.97. The molecule has 0 spiro atoms. The molecule has 6 heteroatoms. The first-order chi connectivity index (χ1) is 20.6. The predicted octanol–water partition coefficient (Wildman–Crippen LogP) is 7.65. The zero-order chi connectivity index (χ0) is 28.7. The molecule has 6 atom stereocenters. The van der Waals surface area contributed by atoms with Gasteiger partial charge in [-0.05, 0) is 52.7 Å². The summed E-state index contributed by atoms with van der Waals surface area (Å²) in [7, 11) is 3.23. The number of ether oxygens (including phenoxy) is 2. The van der Waals surface area contributed by atoms with Crippen LogP contribution in [0, 0.1) is 11.8 Å². The number of alkyl halides is 1. The Labute approximate surface area is 263 Å². The first-order valence-electron chi connectivity index (χ1n) is 14.9. The lowest BCUT2D eigenvalue weighted by molar-refractivity contribution is -0.136. The topological polar surface area (TPSA) is 36.9 Å². The standard InChI is InChI=1S/C36H36BIO4/c1-39-35(25-15-7-3-8-16-25,26-17-9-4-10-18-26)33-34(42-37(41-33)31-23-29(31)30-24-32(30)38)36(40-2,27-19-11-5-12-20-27)28-21-13-6-14-22-28/h3-22,29-34H,23-24H2,1-2H3/t29-,30-,31+,32+,33+,34+/m0/s1. The van der Waals surface area contributed by atoms with Gasteiger partial charge < -0.3 is 18.8 Å². The SMILES string of the molecule is COC(c1ccccc1)(c1ccccc1)[C@@H]1OB([C@@H]2C[C@H]2[C@@H]2C[C@H]2I)O[C@H]1C(OC)(c1ccccc1)c1ccccc1. The minimum absolute atomic E-state index is 0.349. The van der Waals surface area contributed by atoms with Crippen LogP contribution in [0.25, 0.3) is 0 Å². The maximum Gasteiger partial charge on any atom is 0.461 e. The van der Waals surface area contributed by atoms with Gasteiger partial charge in [0, 0.05) is 18.1 Å². The van der Waals surface area contributed by atoms with Crippen molar-refractivity contribution in [1.82, 2.24) is 0 Å². The molecule has 1 aliphatic heterocycles. The van der Waals surface area contributed by atoms with Gasteiger partial charge in [-0.2, -0.15) is 0 Å². The fourth-order valence-electron chi connectivity index (χ4n) is 7.39. The molecule has 0 amide bonds. The molecule has 0 N–H and O–H groups in total. The highest BCUT2D eigenvalue weighted by Crippen LogP contribution is 2.64. The molecule has 0 radical (unpaired) electrons. The number of hydrogen-bond acceptors (Lipinski definition) is 4. The second-order valence-corrected chi connectivity index (χ2v) is 13.4. The molecule has 42 heavy (non-hydrogen) atoms. The molecule has 3 fully saturated rings. The van der Waals surface area contributed by atoms with Gasteiger partial charge in [-0.15, -0.1) is 0 Å². The van der Waals surface area contributed by atoms with Crippen molar-refractivity contribution in [1.29, 1.82) is 0 Å². The predicted molar refractivity (Wildman–Crippen MR) is 175 cm³/mol. The van der Waals surface area contributed by atoms with Crippen LogP contribution in [0.4, 0.5) is 0 Å². The van der Waals surface area contributed by atoms with E-state index >= 15 is 0 Å². The van der Waals surface area contributed by atoms with Gasteiger partial charge >= 0.3 is 7.12 Å². The summed E-state index contributed by atoms with van der Waals surface area (Å²) in [5.41, 5.74) is 2.17. The molecule has 2 aliphatic carbocycles. The van der Waals surface area contributed by atoms with E-state index in [0.29, 0.717) is 11.7 Å². The molecule has 0 bridgehead atoms. The Morgan fingerprint density at radius 1 is 0.571 bits per heavy atom. The quantitative estimate of drug-likeness (QED) is 0.0988. The third kappa shape index (κ3) is 4.67. The van der Waals surface area contributed by atoms with Gasteiger partial charge in [0.15, 0.2) is 0 Å². The first-order valence-corrected chi connectivity index (χ1v) is 16.2. The van der Waals surface area contributed by atoms with E-state index in [1.54, 1.807) is 14.2 Å². The van der Waals surface area contributed by atoms with Crippen LogP contribution in [0.15, 0.2) is 121 Å². The van der Waals surface area contributed by atoms with Crippen LogP contribution >= 0.6 is 22.6 Å². The molecule has 4 aromatic carbocycles. The maximum absolute atomic E-state index is 7.23. The molecule has 0 unspecified atom stereocenters. The van der Waals surface area contributed by atoms with E-state index in [2.05, 4.69) is 120 Å². The molecular weight excluding hydrogens is 634 g/mol. The van der Waals surface area contributed by atoms with E-state index < -0.39 is 23.4 Å². The first kappa shape index (κ1) is 28.3. The third-order valence-corrected chi connectivity index (χ3v) is 11.1. The minimum Gasteiger partial charge on any atom is -0.402 e. The van der Waals surface area contributed by atoms with Gasteiger partial charge in [-0.25, -0.2) is 0 Å². The van der Waals surface area contributed by atoms with E-state index in [1.807, 2.05) is 24.3 Å². The van der Waals surface area contributed by atoms with Crippen molar-refractivity contribution in [2.24, 2.45) is 11.8 Å². The number of halogens is 1. The van der Waals surface area contributed by atoms with Crippen molar-refractivity contribution in [3.63, 3.8) is 0 Å². The highest BCUT2D eigenvalue weighted by Gasteiger charge is 2.67. The van der Waals surface area contributed by atoms with E-state index in [0.717, 1.165) is 38.5 Å². The van der Waals surface area contributed by atoms with Gasteiger partial charge in [0.25, 0.3) is 0 Å². The zero-order valence-electron chi connectivity index (χ0n) is 24.0. The van der Waals surface area contributed by atoms with E-state index in [-0.39, 0.29) is 7.12 Å². The lowest BCUT2D eigenvalue weighted by Gasteiger charge is -2.47. The summed E-state index contributed by atoms with van der Waals surface area (Å²) < 4.78 is 28.7. The summed E-state index contributed by atoms with van der Waals surface area (Å²) in [5.74, 6) is 1.78. The van der Waals surface area contributed by atoms with Crippen LogP contribution in [-0.4, -0.2) is 37.5 Å². The Morgan fingerprint density at radius 3 is 1.19 bits per heavy atom. The van der Waals surface area contributed by atoms with E-state index in [1.165, 1.54) is 6.42 Å². The summed E-state index contributed by atoms with van der Waals surface area (Å²) >= 11 is 2.60. The number of hydrogen-bond donors (Lipinski definition) is 0. The lowest BCUT2D eigenvalue weighted by Crippen LogP contribution is -2.56. The second kappa shape index (κ2) is 11.5. The highest BCUT2D eigenvalue weighted by molar-refractivity contribution is 14.1. The Morgan fingerprint density at radius 2 is 0.905 bits per heavy atom. The van der Waals surface area contributed by atoms with Gasteiger partial charge in [0.2, 0.25) is 0 Å². The fraction of sp³-hybridized carbons (Fsp3) is 0.333. The maximum atomic E-state index is 7.23. The van der Waals surface area contributed by atoms with Crippen molar-refractivity contribution >= 4 is 29.7 Å². The molecular formula is C36H36BIO4. The van der Waals surface area contributed by atoms with Crippen LogP contribution in [0.1, 0.15) is 35.1 Å². The minimum atomic E-state index is -0.953. The van der Waals surface area contributed by atoms with Crippen molar-refractivity contribution in [3.05, 3.63) is 144 Å². The van der Waals surface area contributed by atoms with Gasteiger partial charge in [-0.1, -0.05) is 144 Å². The normalized spacial score (nSPS) is 27.2. The summed E-state index contributed by atoms with van der Waals surface area (Å²) in [6, 6.07) is 41.8. The second-order valence-electron chi connectivity index (χ2n) is 11.8. The van der Waals surface area contributed by atoms with Gasteiger partial charge in [0.1, 0.15) is 23.4 Å². The third-order valence-electron chi connectivity index (χ3n) is 9.64. The van der Waals surface area contributed by atoms with E-state index in [9.17, 15) is 0 Å². The number of rotatable bonds is 10. The van der Waals surface area contributed by atoms with Crippen LogP contribution in [0.2, 0.25) is 5.82 Å². The molecule has 1 saturated heterocycles. The largest absolute Gasteiger partial charge is 0.461 e. The molecule has 4 aromatic rings. The van der Waals surface area contributed by atoms with Crippen molar-refractivity contribution in [2.45, 2.75) is 46.0 Å². The van der Waals surface area contributed by atoms with Gasteiger partial charge in [0.05, 0.1) is 0 Å². The molecule has 2 saturated carbocycles. The summed E-state index contributed by atoms with van der Waals surface area (Å²) in [4.78, 5) is 0. The van der Waals surface area contributed by atoms with Gasteiger partial charge in [-0.3, -0.25) is 0 Å². The fourth-order valence-corrected chi connectivity index (χ4v) is 8.51. The average molecular weight is 670 g/mol. The lowest BCUT2D eigenvalue weighted by atomic mass is 9.71. The Kier molecular flexibility index (Phi) is 7.78. The van der Waals surface area contributed by atoms with Crippen LogP contribution in [-0.2, 0) is 30.0 Å². The highest BCUT2D eigenvalue weighted by atomic mass is 127. The summed E-state index contributed by atoms with van der Waals surface area (Å²) in [5, 5.41) is 0. The zero-order valence-corrected chi connectivity index (χ0v) is 26.2. The molecule has 4 nitrogen and oxygen atoms in total. The molecule has 7 rings (SSSR count). The number of methoxy groups -OCH3 is 2. The number of benzene rings is 4. The van der Waals surface area contributed by atoms with Crippen molar-refractivity contribution in [2.75, 3.05) is 14.2 Å². The Bertz CT molecular complexity index is 1290.